The van der Waals surface area contributed by atoms with Gasteiger partial charge in [-0.1, -0.05) is 5.16 Å². The van der Waals surface area contributed by atoms with E-state index in [1.165, 1.54) is 6.92 Å². The van der Waals surface area contributed by atoms with Gasteiger partial charge in [-0.15, -0.1) is 0 Å². The lowest BCUT2D eigenvalue weighted by Gasteiger charge is -2.03. The van der Waals surface area contributed by atoms with Crippen molar-refractivity contribution in [1.29, 1.82) is 0 Å². The molecule has 0 aliphatic rings. The van der Waals surface area contributed by atoms with Crippen molar-refractivity contribution in [2.24, 2.45) is 5.16 Å². The van der Waals surface area contributed by atoms with Gasteiger partial charge in [-0.3, -0.25) is 4.79 Å². The molecule has 0 N–H and O–H groups in total. The molecule has 0 bridgehead atoms. The van der Waals surface area contributed by atoms with Crippen LogP contribution in [0.1, 0.15) is 13.8 Å². The van der Waals surface area contributed by atoms with Crippen molar-refractivity contribution in [3.8, 4) is 0 Å². The SMILES string of the molecule is CC(=O)CO/N=C(\C)C(F)(F)F. The van der Waals surface area contributed by atoms with E-state index < -0.39 is 18.5 Å². The third-order valence-corrected chi connectivity index (χ3v) is 0.880. The number of carbonyl (C=O) groups is 1. The van der Waals surface area contributed by atoms with Crippen LogP contribution in [-0.4, -0.2) is 24.3 Å². The van der Waals surface area contributed by atoms with Gasteiger partial charge in [-0.2, -0.15) is 13.2 Å². The number of alkyl halides is 3. The van der Waals surface area contributed by atoms with Gasteiger partial charge in [0.2, 0.25) is 0 Å². The summed E-state index contributed by atoms with van der Waals surface area (Å²) in [5, 5.41) is 2.71. The molecule has 0 heterocycles. The van der Waals surface area contributed by atoms with E-state index in [-0.39, 0.29) is 5.78 Å². The van der Waals surface area contributed by atoms with Gasteiger partial charge in [-0.05, 0) is 13.8 Å². The molecule has 0 saturated heterocycles. The number of hydrogen-bond donors (Lipinski definition) is 0. The topological polar surface area (TPSA) is 38.7 Å². The minimum absolute atomic E-state index is 0.381. The first-order valence-electron chi connectivity index (χ1n) is 3.07. The second-order valence-electron chi connectivity index (χ2n) is 2.15. The number of hydrogen-bond acceptors (Lipinski definition) is 3. The molecule has 0 spiro atoms. The molecule has 3 nitrogen and oxygen atoms in total. The van der Waals surface area contributed by atoms with E-state index in [1.54, 1.807) is 0 Å². The number of rotatable bonds is 3. The van der Waals surface area contributed by atoms with Gasteiger partial charge in [0.1, 0.15) is 0 Å². The highest BCUT2D eigenvalue weighted by atomic mass is 19.4. The van der Waals surface area contributed by atoms with Gasteiger partial charge in [0.25, 0.3) is 0 Å². The van der Waals surface area contributed by atoms with Crippen LogP contribution in [0, 0.1) is 0 Å². The van der Waals surface area contributed by atoms with Gasteiger partial charge in [-0.25, -0.2) is 0 Å². The van der Waals surface area contributed by atoms with E-state index in [4.69, 9.17) is 0 Å². The summed E-state index contributed by atoms with van der Waals surface area (Å²) >= 11 is 0. The fourth-order valence-corrected chi connectivity index (χ4v) is 0.272. The first-order chi connectivity index (χ1) is 5.34. The Labute approximate surface area is 67.2 Å². The van der Waals surface area contributed by atoms with Gasteiger partial charge in [0, 0.05) is 0 Å². The molecule has 0 fully saturated rings. The molecule has 0 atom stereocenters. The van der Waals surface area contributed by atoms with Crippen molar-refractivity contribution in [2.75, 3.05) is 6.61 Å². The fourth-order valence-electron chi connectivity index (χ4n) is 0.272. The number of carbonyl (C=O) groups excluding carboxylic acids is 1. The summed E-state index contributed by atoms with van der Waals surface area (Å²) in [5.74, 6) is -0.381. The van der Waals surface area contributed by atoms with E-state index in [0.29, 0.717) is 0 Å². The molecule has 0 unspecified atom stereocenters. The third-order valence-electron chi connectivity index (χ3n) is 0.880. The van der Waals surface area contributed by atoms with Crippen LogP contribution in [0.15, 0.2) is 5.16 Å². The maximum atomic E-state index is 11.7. The summed E-state index contributed by atoms with van der Waals surface area (Å²) in [7, 11) is 0. The Hall–Kier alpha value is -1.07. The Morgan fingerprint density at radius 1 is 1.42 bits per heavy atom. The molecule has 0 rings (SSSR count). The molecule has 70 valence electrons. The van der Waals surface area contributed by atoms with Crippen LogP contribution in [0.3, 0.4) is 0 Å². The minimum Gasteiger partial charge on any atom is -0.388 e. The normalized spacial score (nSPS) is 12.9. The summed E-state index contributed by atoms with van der Waals surface area (Å²) in [5.41, 5.74) is -1.11. The summed E-state index contributed by atoms with van der Waals surface area (Å²) in [6, 6.07) is 0. The lowest BCUT2D eigenvalue weighted by molar-refractivity contribution is -0.121. The zero-order valence-electron chi connectivity index (χ0n) is 6.60. The monoisotopic (exact) mass is 183 g/mol. The Morgan fingerprint density at radius 3 is 2.25 bits per heavy atom. The van der Waals surface area contributed by atoms with Gasteiger partial charge < -0.3 is 4.84 Å². The predicted molar refractivity (Wildman–Crippen MR) is 35.8 cm³/mol. The van der Waals surface area contributed by atoms with Crippen LogP contribution in [0.25, 0.3) is 0 Å². The summed E-state index contributed by atoms with van der Waals surface area (Å²) < 4.78 is 35.0. The first-order valence-corrected chi connectivity index (χ1v) is 3.07. The van der Waals surface area contributed by atoms with E-state index >= 15 is 0 Å². The van der Waals surface area contributed by atoms with Crippen LogP contribution in [0.2, 0.25) is 0 Å². The highest BCUT2D eigenvalue weighted by Gasteiger charge is 2.32. The maximum Gasteiger partial charge on any atom is 0.432 e. The van der Waals surface area contributed by atoms with E-state index in [0.717, 1.165) is 6.92 Å². The standard InChI is InChI=1S/C6H8F3NO2/c1-4(11)3-12-10-5(2)6(7,8)9/h3H2,1-2H3/b10-5+. The van der Waals surface area contributed by atoms with Crippen molar-refractivity contribution in [1.82, 2.24) is 0 Å². The smallest absolute Gasteiger partial charge is 0.388 e. The average Bonchev–Trinajstić information content (AvgIpc) is 1.84. The largest absolute Gasteiger partial charge is 0.432 e. The van der Waals surface area contributed by atoms with Crippen molar-refractivity contribution in [3.05, 3.63) is 0 Å². The molecule has 0 radical (unpaired) electrons. The Balaban J connectivity index is 3.94. The second kappa shape index (κ2) is 4.08. The molecule has 0 aliphatic heterocycles. The minimum atomic E-state index is -4.49. The quantitative estimate of drug-likeness (QED) is 0.491. The van der Waals surface area contributed by atoms with E-state index in [9.17, 15) is 18.0 Å². The molecule has 6 heteroatoms. The lowest BCUT2D eigenvalue weighted by atomic mass is 10.4. The number of oxime groups is 1. The van der Waals surface area contributed by atoms with Crippen LogP contribution in [0.5, 0.6) is 0 Å². The zero-order chi connectivity index (χ0) is 9.78. The molecular formula is C6H8F3NO2. The molecule has 0 aromatic carbocycles. The van der Waals surface area contributed by atoms with Gasteiger partial charge in [0.05, 0.1) is 0 Å². The molecule has 0 aromatic rings. The zero-order valence-corrected chi connectivity index (χ0v) is 6.60. The molecule has 0 aromatic heterocycles. The average molecular weight is 183 g/mol. The number of ketones is 1. The number of nitrogens with zero attached hydrogens (tertiary/aromatic N) is 1. The highest BCUT2D eigenvalue weighted by molar-refractivity contribution is 5.86. The maximum absolute atomic E-state index is 11.7. The second-order valence-corrected chi connectivity index (χ2v) is 2.15. The summed E-state index contributed by atoms with van der Waals surface area (Å²) in [6.45, 7) is 1.52. The molecular weight excluding hydrogens is 175 g/mol. The third kappa shape index (κ3) is 4.70. The number of Topliss-reactive ketones (excluding diaryl/α,β-unsaturated/α-hetero) is 1. The molecule has 12 heavy (non-hydrogen) atoms. The van der Waals surface area contributed by atoms with Crippen molar-refractivity contribution in [3.63, 3.8) is 0 Å². The summed E-state index contributed by atoms with van der Waals surface area (Å²) in [4.78, 5) is 14.3. The highest BCUT2D eigenvalue weighted by Crippen LogP contribution is 2.16. The Morgan fingerprint density at radius 2 is 1.92 bits per heavy atom. The first kappa shape index (κ1) is 10.9. The Kier molecular flexibility index (Phi) is 3.72. The lowest BCUT2D eigenvalue weighted by Crippen LogP contribution is -2.20. The summed E-state index contributed by atoms with van der Waals surface area (Å²) in [6.07, 6.45) is -4.49. The van der Waals surface area contributed by atoms with E-state index in [2.05, 4.69) is 9.99 Å². The van der Waals surface area contributed by atoms with Crippen molar-refractivity contribution >= 4 is 11.5 Å². The van der Waals surface area contributed by atoms with Gasteiger partial charge in [0.15, 0.2) is 18.1 Å². The van der Waals surface area contributed by atoms with Crippen LogP contribution >= 0.6 is 0 Å². The number of halogens is 3. The van der Waals surface area contributed by atoms with Crippen LogP contribution in [0.4, 0.5) is 13.2 Å². The molecule has 0 saturated carbocycles. The van der Waals surface area contributed by atoms with Crippen LogP contribution in [-0.2, 0) is 9.63 Å². The van der Waals surface area contributed by atoms with Gasteiger partial charge >= 0.3 is 6.18 Å². The molecule has 0 amide bonds. The van der Waals surface area contributed by atoms with E-state index in [1.807, 2.05) is 0 Å². The van der Waals surface area contributed by atoms with Crippen molar-refractivity contribution in [2.45, 2.75) is 20.0 Å². The molecule has 0 aliphatic carbocycles. The fraction of sp³-hybridized carbons (Fsp3) is 0.667. The van der Waals surface area contributed by atoms with Crippen LogP contribution < -0.4 is 0 Å². The van der Waals surface area contributed by atoms with Crippen molar-refractivity contribution < 1.29 is 22.8 Å². The predicted octanol–water partition coefficient (Wildman–Crippen LogP) is 1.53. The Bertz CT molecular complexity index is 197.